The first-order valence-corrected chi connectivity index (χ1v) is 12.5. The molecule has 0 radical (unpaired) electrons. The SMILES string of the molecule is Cc1ccc(F)cc1NC(=O)CSc1nc2nc(N3CCCCC3)sc2c(=O)n1C(C)C. The van der Waals surface area contributed by atoms with Gasteiger partial charge in [-0.3, -0.25) is 14.2 Å². The second-order valence-corrected chi connectivity index (χ2v) is 10.1. The van der Waals surface area contributed by atoms with Crippen LogP contribution in [0.25, 0.3) is 10.3 Å². The van der Waals surface area contributed by atoms with Gasteiger partial charge < -0.3 is 10.2 Å². The van der Waals surface area contributed by atoms with Crippen molar-refractivity contribution in [1.82, 2.24) is 14.5 Å². The molecule has 0 unspecified atom stereocenters. The Balaban J connectivity index is 1.58. The lowest BCUT2D eigenvalue weighted by Crippen LogP contribution is -2.29. The molecule has 1 aliphatic heterocycles. The first-order valence-electron chi connectivity index (χ1n) is 10.7. The number of hydrogen-bond donors (Lipinski definition) is 1. The summed E-state index contributed by atoms with van der Waals surface area (Å²) in [5.74, 6) is -0.656. The van der Waals surface area contributed by atoms with Crippen LogP contribution in [0.15, 0.2) is 28.2 Å². The van der Waals surface area contributed by atoms with Gasteiger partial charge in [-0.15, -0.1) is 0 Å². The molecule has 7 nitrogen and oxygen atoms in total. The van der Waals surface area contributed by atoms with Crippen molar-refractivity contribution in [2.75, 3.05) is 29.1 Å². The van der Waals surface area contributed by atoms with E-state index in [0.29, 0.717) is 21.2 Å². The summed E-state index contributed by atoms with van der Waals surface area (Å²) in [7, 11) is 0. The van der Waals surface area contributed by atoms with Crippen molar-refractivity contribution >= 4 is 50.2 Å². The molecule has 4 rings (SSSR count). The topological polar surface area (TPSA) is 80.1 Å². The summed E-state index contributed by atoms with van der Waals surface area (Å²) in [5.41, 5.74) is 1.51. The van der Waals surface area contributed by atoms with E-state index in [1.54, 1.807) is 17.6 Å². The van der Waals surface area contributed by atoms with E-state index in [4.69, 9.17) is 0 Å². The quantitative estimate of drug-likeness (QED) is 0.415. The molecule has 1 N–H and O–H groups in total. The van der Waals surface area contributed by atoms with Crippen molar-refractivity contribution in [1.29, 1.82) is 0 Å². The van der Waals surface area contributed by atoms with Crippen molar-refractivity contribution in [3.8, 4) is 0 Å². The molecule has 0 atom stereocenters. The fraction of sp³-hybridized carbons (Fsp3) is 0.455. The van der Waals surface area contributed by atoms with Crippen molar-refractivity contribution in [3.63, 3.8) is 0 Å². The maximum atomic E-state index is 13.5. The molecule has 2 aromatic heterocycles. The van der Waals surface area contributed by atoms with E-state index in [0.717, 1.165) is 36.6 Å². The zero-order chi connectivity index (χ0) is 22.8. The Kier molecular flexibility index (Phi) is 6.80. The summed E-state index contributed by atoms with van der Waals surface area (Å²) in [6, 6.07) is 4.15. The Morgan fingerprint density at radius 3 is 2.72 bits per heavy atom. The van der Waals surface area contributed by atoms with E-state index < -0.39 is 5.82 Å². The molecule has 170 valence electrons. The number of carbonyl (C=O) groups is 1. The summed E-state index contributed by atoms with van der Waals surface area (Å²) in [6.45, 7) is 7.53. The van der Waals surface area contributed by atoms with Crippen LogP contribution in [0, 0.1) is 12.7 Å². The maximum Gasteiger partial charge on any atom is 0.274 e. The smallest absolute Gasteiger partial charge is 0.274 e. The van der Waals surface area contributed by atoms with Gasteiger partial charge in [0.15, 0.2) is 15.9 Å². The lowest BCUT2D eigenvalue weighted by atomic mass is 10.1. The maximum absolute atomic E-state index is 13.5. The lowest BCUT2D eigenvalue weighted by molar-refractivity contribution is -0.113. The average molecular weight is 476 g/mol. The molecule has 0 aliphatic carbocycles. The number of fused-ring (bicyclic) bond motifs is 1. The van der Waals surface area contributed by atoms with Crippen LogP contribution in [-0.4, -0.2) is 39.3 Å². The number of aromatic nitrogens is 3. The number of halogens is 1. The highest BCUT2D eigenvalue weighted by molar-refractivity contribution is 7.99. The fourth-order valence-electron chi connectivity index (χ4n) is 3.68. The minimum absolute atomic E-state index is 0.0454. The molecule has 1 aliphatic rings. The van der Waals surface area contributed by atoms with Crippen molar-refractivity contribution in [3.05, 3.63) is 39.9 Å². The molecule has 1 amide bonds. The molecule has 32 heavy (non-hydrogen) atoms. The van der Waals surface area contributed by atoms with Gasteiger partial charge in [0.2, 0.25) is 5.91 Å². The molecular formula is C22H26FN5O2S2. The van der Waals surface area contributed by atoms with Crippen LogP contribution < -0.4 is 15.8 Å². The number of benzene rings is 1. The van der Waals surface area contributed by atoms with Gasteiger partial charge in [0.1, 0.15) is 10.5 Å². The van der Waals surface area contributed by atoms with Crippen LogP contribution in [0.2, 0.25) is 0 Å². The number of nitrogens with one attached hydrogen (secondary N) is 1. The van der Waals surface area contributed by atoms with Gasteiger partial charge in [-0.1, -0.05) is 29.2 Å². The van der Waals surface area contributed by atoms with Gasteiger partial charge in [0, 0.05) is 24.8 Å². The van der Waals surface area contributed by atoms with E-state index in [1.807, 2.05) is 13.8 Å². The summed E-state index contributed by atoms with van der Waals surface area (Å²) in [4.78, 5) is 37.2. The number of hydrogen-bond acceptors (Lipinski definition) is 7. The summed E-state index contributed by atoms with van der Waals surface area (Å²) in [6.07, 6.45) is 3.47. The van der Waals surface area contributed by atoms with E-state index in [9.17, 15) is 14.0 Å². The van der Waals surface area contributed by atoms with Gasteiger partial charge in [-0.2, -0.15) is 4.98 Å². The van der Waals surface area contributed by atoms with Gasteiger partial charge in [0.05, 0.1) is 5.75 Å². The molecule has 10 heteroatoms. The summed E-state index contributed by atoms with van der Waals surface area (Å²) >= 11 is 2.58. The number of piperidine rings is 1. The third-order valence-corrected chi connectivity index (χ3v) is 7.41. The molecule has 0 saturated carbocycles. The molecule has 3 aromatic rings. The molecule has 3 heterocycles. The highest BCUT2D eigenvalue weighted by atomic mass is 32.2. The van der Waals surface area contributed by atoms with E-state index in [1.165, 1.54) is 41.7 Å². The molecule has 1 fully saturated rings. The normalized spacial score (nSPS) is 14.3. The standard InChI is InChI=1S/C22H26FN5O2S2/c1-13(2)28-20(30)18-19(25-21(32-18)27-9-5-4-6-10-27)26-22(28)31-12-17(29)24-16-11-15(23)8-7-14(16)3/h7-8,11,13H,4-6,9-10,12H2,1-3H3,(H,24,29). The Morgan fingerprint density at radius 2 is 2.00 bits per heavy atom. The fourth-order valence-corrected chi connectivity index (χ4v) is 5.59. The van der Waals surface area contributed by atoms with Crippen molar-refractivity contribution in [2.24, 2.45) is 0 Å². The largest absolute Gasteiger partial charge is 0.348 e. The second-order valence-electron chi connectivity index (χ2n) is 8.16. The number of carbonyl (C=O) groups excluding carboxylic acids is 1. The Hall–Kier alpha value is -2.46. The highest BCUT2D eigenvalue weighted by Crippen LogP contribution is 2.30. The summed E-state index contributed by atoms with van der Waals surface area (Å²) in [5, 5.41) is 4.03. The molecule has 0 spiro atoms. The minimum Gasteiger partial charge on any atom is -0.348 e. The van der Waals surface area contributed by atoms with Gasteiger partial charge in [-0.25, -0.2) is 9.37 Å². The molecule has 1 aromatic carbocycles. The predicted octanol–water partition coefficient (Wildman–Crippen LogP) is 4.60. The van der Waals surface area contributed by atoms with Gasteiger partial charge in [0.25, 0.3) is 5.56 Å². The first kappa shape index (κ1) is 22.7. The zero-order valence-electron chi connectivity index (χ0n) is 18.4. The Bertz CT molecular complexity index is 1200. The number of aryl methyl sites for hydroxylation is 1. The van der Waals surface area contributed by atoms with E-state index >= 15 is 0 Å². The van der Waals surface area contributed by atoms with Gasteiger partial charge >= 0.3 is 0 Å². The number of amides is 1. The predicted molar refractivity (Wildman–Crippen MR) is 129 cm³/mol. The van der Waals surface area contributed by atoms with Crippen molar-refractivity contribution < 1.29 is 9.18 Å². The third-order valence-electron chi connectivity index (χ3n) is 5.37. The van der Waals surface area contributed by atoms with Crippen LogP contribution >= 0.6 is 23.1 Å². The van der Waals surface area contributed by atoms with E-state index in [2.05, 4.69) is 20.2 Å². The number of anilines is 2. The Labute approximate surface area is 194 Å². The Morgan fingerprint density at radius 1 is 1.25 bits per heavy atom. The molecule has 0 bridgehead atoms. The molecular weight excluding hydrogens is 449 g/mol. The summed E-state index contributed by atoms with van der Waals surface area (Å²) < 4.78 is 15.7. The highest BCUT2D eigenvalue weighted by Gasteiger charge is 2.21. The number of nitrogens with zero attached hydrogens (tertiary/aromatic N) is 4. The third kappa shape index (κ3) is 4.80. The lowest BCUT2D eigenvalue weighted by Gasteiger charge is -2.25. The van der Waals surface area contributed by atoms with Crippen LogP contribution in [0.5, 0.6) is 0 Å². The second kappa shape index (κ2) is 9.58. The van der Waals surface area contributed by atoms with Crippen LogP contribution in [0.3, 0.4) is 0 Å². The van der Waals surface area contributed by atoms with Crippen molar-refractivity contribution in [2.45, 2.75) is 51.2 Å². The monoisotopic (exact) mass is 475 g/mol. The molecule has 1 saturated heterocycles. The van der Waals surface area contributed by atoms with Crippen LogP contribution in [0.1, 0.15) is 44.7 Å². The minimum atomic E-state index is -0.410. The zero-order valence-corrected chi connectivity index (χ0v) is 20.0. The van der Waals surface area contributed by atoms with E-state index in [-0.39, 0.29) is 23.3 Å². The average Bonchev–Trinajstić information content (AvgIpc) is 3.20. The number of thioether (sulfide) groups is 1. The van der Waals surface area contributed by atoms with Crippen LogP contribution in [-0.2, 0) is 4.79 Å². The van der Waals surface area contributed by atoms with Crippen LogP contribution in [0.4, 0.5) is 15.2 Å². The van der Waals surface area contributed by atoms with Gasteiger partial charge in [-0.05, 0) is 57.7 Å². The first-order chi connectivity index (χ1) is 15.3. The number of thiazole rings is 1. The number of rotatable bonds is 6.